The predicted octanol–water partition coefficient (Wildman–Crippen LogP) is 2.12. The zero-order chi connectivity index (χ0) is 14.1. The molecule has 1 aliphatic heterocycles. The molecular weight excluding hydrogens is 260 g/mol. The molecule has 2 heterocycles. The Morgan fingerprint density at radius 2 is 2.15 bits per heavy atom. The molecule has 20 heavy (non-hydrogen) atoms. The van der Waals surface area contributed by atoms with E-state index in [9.17, 15) is 9.59 Å². The highest BCUT2D eigenvalue weighted by atomic mass is 16.5. The van der Waals surface area contributed by atoms with Crippen LogP contribution in [0.25, 0.3) is 17.0 Å². The largest absolute Gasteiger partial charge is 0.485 e. The Hall–Kier alpha value is -2.56. The maximum absolute atomic E-state index is 11.3. The standard InChI is InChI=1S/C15H12O5/c1-18-15(17)6-12-5-10-4-9-2-3-11(16)8-19-13(9)7-14(10)20-12/h2-5,7H,6,8H2,1H3. The number of fused-ring (bicyclic) bond motifs is 2. The maximum Gasteiger partial charge on any atom is 0.313 e. The molecule has 0 bridgehead atoms. The Bertz CT molecular complexity index is 723. The SMILES string of the molecule is COC(=O)Cc1cc2cc3c(cc2o1)OCC(=O)C=C3. The molecule has 0 spiro atoms. The topological polar surface area (TPSA) is 65.7 Å². The molecule has 1 aromatic heterocycles. The van der Waals surface area contributed by atoms with Crippen LogP contribution in [0.2, 0.25) is 0 Å². The molecule has 5 nitrogen and oxygen atoms in total. The molecule has 3 rings (SSSR count). The summed E-state index contributed by atoms with van der Waals surface area (Å²) in [6, 6.07) is 5.38. The van der Waals surface area contributed by atoms with Crippen molar-refractivity contribution in [3.05, 3.63) is 35.6 Å². The minimum absolute atomic E-state index is 0.0186. The summed E-state index contributed by atoms with van der Waals surface area (Å²) >= 11 is 0. The van der Waals surface area contributed by atoms with Crippen LogP contribution in [0.15, 0.2) is 28.7 Å². The van der Waals surface area contributed by atoms with Crippen molar-refractivity contribution in [3.63, 3.8) is 0 Å². The van der Waals surface area contributed by atoms with E-state index in [1.165, 1.54) is 13.2 Å². The van der Waals surface area contributed by atoms with Gasteiger partial charge in [-0.3, -0.25) is 9.59 Å². The lowest BCUT2D eigenvalue weighted by molar-refractivity contribution is -0.140. The summed E-state index contributed by atoms with van der Waals surface area (Å²) in [5.74, 6) is 0.696. The highest BCUT2D eigenvalue weighted by molar-refractivity contribution is 5.97. The monoisotopic (exact) mass is 272 g/mol. The summed E-state index contributed by atoms with van der Waals surface area (Å²) in [5.41, 5.74) is 1.43. The molecule has 1 aliphatic rings. The Balaban J connectivity index is 2.01. The van der Waals surface area contributed by atoms with Gasteiger partial charge in [0.15, 0.2) is 12.4 Å². The van der Waals surface area contributed by atoms with Crippen LogP contribution >= 0.6 is 0 Å². The molecule has 0 saturated carbocycles. The molecule has 1 aromatic carbocycles. The number of hydrogen-bond donors (Lipinski definition) is 0. The van der Waals surface area contributed by atoms with E-state index < -0.39 is 0 Å². The molecule has 0 atom stereocenters. The second-order valence-electron chi connectivity index (χ2n) is 4.48. The van der Waals surface area contributed by atoms with Gasteiger partial charge in [0.05, 0.1) is 7.11 Å². The first kappa shape index (κ1) is 12.5. The van der Waals surface area contributed by atoms with E-state index in [1.54, 1.807) is 18.2 Å². The number of rotatable bonds is 2. The van der Waals surface area contributed by atoms with E-state index in [0.717, 1.165) is 10.9 Å². The number of carbonyl (C=O) groups is 2. The van der Waals surface area contributed by atoms with Gasteiger partial charge in [0.2, 0.25) is 0 Å². The quantitative estimate of drug-likeness (QED) is 0.783. The lowest BCUT2D eigenvalue weighted by atomic mass is 10.1. The average Bonchev–Trinajstić information content (AvgIpc) is 2.73. The van der Waals surface area contributed by atoms with Crippen molar-refractivity contribution in [3.8, 4) is 5.75 Å². The van der Waals surface area contributed by atoms with Crippen molar-refractivity contribution in [2.75, 3.05) is 13.7 Å². The number of ketones is 1. The summed E-state index contributed by atoms with van der Waals surface area (Å²) in [6.45, 7) is 0.0186. The molecule has 102 valence electrons. The number of ether oxygens (including phenoxy) is 2. The Kier molecular flexibility index (Phi) is 3.02. The van der Waals surface area contributed by atoms with Crippen LogP contribution in [0, 0.1) is 0 Å². The number of benzene rings is 1. The van der Waals surface area contributed by atoms with E-state index in [4.69, 9.17) is 9.15 Å². The van der Waals surface area contributed by atoms with Crippen molar-refractivity contribution in [2.24, 2.45) is 0 Å². The molecule has 0 amide bonds. The van der Waals surface area contributed by atoms with E-state index in [-0.39, 0.29) is 24.8 Å². The smallest absolute Gasteiger partial charge is 0.313 e. The van der Waals surface area contributed by atoms with E-state index in [2.05, 4.69) is 4.74 Å². The first-order valence-corrected chi connectivity index (χ1v) is 6.13. The maximum atomic E-state index is 11.3. The predicted molar refractivity (Wildman–Crippen MR) is 71.5 cm³/mol. The molecule has 0 radical (unpaired) electrons. The fourth-order valence-corrected chi connectivity index (χ4v) is 2.08. The van der Waals surface area contributed by atoms with Crippen molar-refractivity contribution < 1.29 is 23.5 Å². The van der Waals surface area contributed by atoms with Gasteiger partial charge >= 0.3 is 5.97 Å². The molecule has 0 unspecified atom stereocenters. The molecule has 0 aliphatic carbocycles. The Labute approximate surface area is 114 Å². The third-order valence-electron chi connectivity index (χ3n) is 3.06. The van der Waals surface area contributed by atoms with Crippen LogP contribution in [0.1, 0.15) is 11.3 Å². The van der Waals surface area contributed by atoms with Crippen LogP contribution in [0.3, 0.4) is 0 Å². The summed E-state index contributed by atoms with van der Waals surface area (Å²) < 4.78 is 15.6. The molecule has 2 aromatic rings. The van der Waals surface area contributed by atoms with Gasteiger partial charge in [0.1, 0.15) is 23.5 Å². The number of hydrogen-bond acceptors (Lipinski definition) is 5. The van der Waals surface area contributed by atoms with Crippen LogP contribution in [0.4, 0.5) is 0 Å². The van der Waals surface area contributed by atoms with E-state index in [0.29, 0.717) is 17.1 Å². The number of esters is 1. The van der Waals surface area contributed by atoms with Crippen molar-refractivity contribution >= 4 is 28.8 Å². The first-order valence-electron chi connectivity index (χ1n) is 6.13. The summed E-state index contributed by atoms with van der Waals surface area (Å²) in [6.07, 6.45) is 3.30. The van der Waals surface area contributed by atoms with Gasteiger partial charge in [-0.15, -0.1) is 0 Å². The van der Waals surface area contributed by atoms with E-state index >= 15 is 0 Å². The highest BCUT2D eigenvalue weighted by Crippen LogP contribution is 2.30. The summed E-state index contributed by atoms with van der Waals surface area (Å²) in [4.78, 5) is 22.5. The second-order valence-corrected chi connectivity index (χ2v) is 4.48. The number of carbonyl (C=O) groups excluding carboxylic acids is 2. The van der Waals surface area contributed by atoms with Gasteiger partial charge in [-0.2, -0.15) is 0 Å². The lowest BCUT2D eigenvalue weighted by Crippen LogP contribution is -2.06. The van der Waals surface area contributed by atoms with Crippen LogP contribution in [-0.2, 0) is 20.7 Å². The fourth-order valence-electron chi connectivity index (χ4n) is 2.08. The summed E-state index contributed by atoms with van der Waals surface area (Å²) in [5, 5.41) is 0.852. The Morgan fingerprint density at radius 1 is 1.30 bits per heavy atom. The third-order valence-corrected chi connectivity index (χ3v) is 3.06. The third kappa shape index (κ3) is 2.30. The molecule has 0 N–H and O–H groups in total. The molecule has 5 heteroatoms. The van der Waals surface area contributed by atoms with Gasteiger partial charge < -0.3 is 13.9 Å². The van der Waals surface area contributed by atoms with Gasteiger partial charge in [0, 0.05) is 17.0 Å². The van der Waals surface area contributed by atoms with Crippen LogP contribution < -0.4 is 4.74 Å². The average molecular weight is 272 g/mol. The van der Waals surface area contributed by atoms with Gasteiger partial charge in [-0.05, 0) is 24.3 Å². The lowest BCUT2D eigenvalue weighted by Gasteiger charge is -2.04. The van der Waals surface area contributed by atoms with Crippen molar-refractivity contribution in [2.45, 2.75) is 6.42 Å². The van der Waals surface area contributed by atoms with Gasteiger partial charge in [-0.25, -0.2) is 0 Å². The first-order chi connectivity index (χ1) is 9.65. The molecule has 0 fully saturated rings. The minimum atomic E-state index is -0.354. The zero-order valence-electron chi connectivity index (χ0n) is 10.8. The minimum Gasteiger partial charge on any atom is -0.485 e. The Morgan fingerprint density at radius 3 is 2.95 bits per heavy atom. The molecular formula is C15H12O5. The van der Waals surface area contributed by atoms with Gasteiger partial charge in [0.25, 0.3) is 0 Å². The van der Waals surface area contributed by atoms with Gasteiger partial charge in [-0.1, -0.05) is 0 Å². The fraction of sp³-hybridized carbons (Fsp3) is 0.200. The van der Waals surface area contributed by atoms with E-state index in [1.807, 2.05) is 6.07 Å². The van der Waals surface area contributed by atoms with Crippen molar-refractivity contribution in [1.82, 2.24) is 0 Å². The number of methoxy groups -OCH3 is 1. The number of furan rings is 1. The second kappa shape index (κ2) is 4.85. The van der Waals surface area contributed by atoms with Crippen LogP contribution in [0.5, 0.6) is 5.75 Å². The summed E-state index contributed by atoms with van der Waals surface area (Å²) in [7, 11) is 1.34. The molecule has 0 saturated heterocycles. The zero-order valence-corrected chi connectivity index (χ0v) is 10.8. The van der Waals surface area contributed by atoms with Crippen molar-refractivity contribution in [1.29, 1.82) is 0 Å². The normalized spacial score (nSPS) is 13.8. The highest BCUT2D eigenvalue weighted by Gasteiger charge is 2.14. The van der Waals surface area contributed by atoms with Crippen LogP contribution in [-0.4, -0.2) is 25.5 Å².